The Kier molecular flexibility index (Phi) is 7.39. The highest BCUT2D eigenvalue weighted by molar-refractivity contribution is 7.88. The highest BCUT2D eigenvalue weighted by Gasteiger charge is 2.38. The van der Waals surface area contributed by atoms with Crippen LogP contribution in [0.3, 0.4) is 0 Å². The van der Waals surface area contributed by atoms with Gasteiger partial charge in [-0.25, -0.2) is 17.9 Å². The number of sulfonamides is 1. The summed E-state index contributed by atoms with van der Waals surface area (Å²) in [7, 11) is -1.08. The van der Waals surface area contributed by atoms with E-state index in [1.54, 1.807) is 0 Å². The van der Waals surface area contributed by atoms with Crippen molar-refractivity contribution in [2.45, 2.75) is 31.1 Å². The summed E-state index contributed by atoms with van der Waals surface area (Å²) < 4.78 is 57.2. The molecule has 1 saturated heterocycles. The van der Waals surface area contributed by atoms with E-state index >= 15 is 0 Å². The Morgan fingerprint density at radius 3 is 2.28 bits per heavy atom. The van der Waals surface area contributed by atoms with Crippen molar-refractivity contribution in [1.82, 2.24) is 9.62 Å². The van der Waals surface area contributed by atoms with E-state index in [4.69, 9.17) is 9.90 Å². The van der Waals surface area contributed by atoms with Gasteiger partial charge in [-0.05, 0) is 32.0 Å². The van der Waals surface area contributed by atoms with Gasteiger partial charge in [-0.1, -0.05) is 30.3 Å². The standard InChI is InChI=1S/C13H20N2O2S.C2HF3O2/c1-15-9-8-12(14-18(2,16)17)13(15)10-11-6-4-3-5-7-11;3-2(4,5)1(6)7/h3-7,12-14H,8-10H2,1-2H3;(H,6,7)/t12-,13+;/m1./s1. The van der Waals surface area contributed by atoms with Gasteiger partial charge in [0, 0.05) is 12.1 Å². The number of hydrogen-bond donors (Lipinski definition) is 2. The molecule has 142 valence electrons. The first-order valence-electron chi connectivity index (χ1n) is 7.41. The third kappa shape index (κ3) is 7.84. The van der Waals surface area contributed by atoms with Crippen LogP contribution in [0, 0.1) is 0 Å². The number of aliphatic carboxylic acids is 1. The number of hydrogen-bond acceptors (Lipinski definition) is 4. The Morgan fingerprint density at radius 1 is 1.32 bits per heavy atom. The van der Waals surface area contributed by atoms with E-state index in [1.807, 2.05) is 18.2 Å². The zero-order valence-electron chi connectivity index (χ0n) is 13.8. The Balaban J connectivity index is 0.000000381. The van der Waals surface area contributed by atoms with E-state index in [0.717, 1.165) is 19.4 Å². The van der Waals surface area contributed by atoms with E-state index in [-0.39, 0.29) is 12.1 Å². The third-order valence-electron chi connectivity index (χ3n) is 3.72. The number of carbonyl (C=O) groups is 1. The Morgan fingerprint density at radius 2 is 1.84 bits per heavy atom. The van der Waals surface area contributed by atoms with Gasteiger partial charge < -0.3 is 10.0 Å². The summed E-state index contributed by atoms with van der Waals surface area (Å²) in [6.45, 7) is 0.935. The number of nitrogens with one attached hydrogen (secondary N) is 1. The lowest BCUT2D eigenvalue weighted by Crippen LogP contribution is -2.44. The molecule has 1 aliphatic heterocycles. The smallest absolute Gasteiger partial charge is 0.475 e. The molecule has 1 aromatic rings. The van der Waals surface area contributed by atoms with Gasteiger partial charge in [0.1, 0.15) is 0 Å². The molecule has 0 spiro atoms. The van der Waals surface area contributed by atoms with Gasteiger partial charge in [0.15, 0.2) is 0 Å². The van der Waals surface area contributed by atoms with Gasteiger partial charge >= 0.3 is 12.1 Å². The molecule has 0 saturated carbocycles. The molecule has 2 rings (SSSR count). The topological polar surface area (TPSA) is 86.7 Å². The van der Waals surface area contributed by atoms with Crippen molar-refractivity contribution in [3.63, 3.8) is 0 Å². The molecule has 1 fully saturated rings. The molecule has 0 radical (unpaired) electrons. The number of nitrogens with zero attached hydrogens (tertiary/aromatic N) is 1. The van der Waals surface area contributed by atoms with Crippen LogP contribution in [-0.4, -0.2) is 62.5 Å². The van der Waals surface area contributed by atoms with Gasteiger partial charge in [0.05, 0.1) is 6.26 Å². The first kappa shape index (κ1) is 21.4. The molecule has 2 N–H and O–H groups in total. The molecule has 2 atom stereocenters. The van der Waals surface area contributed by atoms with Crippen molar-refractivity contribution in [1.29, 1.82) is 0 Å². The van der Waals surface area contributed by atoms with Crippen LogP contribution in [-0.2, 0) is 21.2 Å². The average Bonchev–Trinajstić information content (AvgIpc) is 2.79. The first-order valence-corrected chi connectivity index (χ1v) is 9.31. The van der Waals surface area contributed by atoms with E-state index in [9.17, 15) is 21.6 Å². The number of carboxylic acids is 1. The fourth-order valence-corrected chi connectivity index (χ4v) is 3.40. The molecule has 25 heavy (non-hydrogen) atoms. The zero-order valence-corrected chi connectivity index (χ0v) is 14.6. The predicted molar refractivity (Wildman–Crippen MR) is 86.6 cm³/mol. The molecule has 10 heteroatoms. The van der Waals surface area contributed by atoms with Crippen LogP contribution in [0.1, 0.15) is 12.0 Å². The molecular formula is C15H21F3N2O4S. The number of carboxylic acid groups (broad SMARTS) is 1. The average molecular weight is 382 g/mol. The van der Waals surface area contributed by atoms with Crippen molar-refractivity contribution in [2.24, 2.45) is 0 Å². The van der Waals surface area contributed by atoms with Crippen molar-refractivity contribution in [2.75, 3.05) is 19.8 Å². The maximum absolute atomic E-state index is 11.4. The molecule has 0 unspecified atom stereocenters. The summed E-state index contributed by atoms with van der Waals surface area (Å²) in [6.07, 6.45) is -2.10. The number of halogens is 3. The number of likely N-dealkylation sites (N-methyl/N-ethyl adjacent to an activating group) is 1. The summed E-state index contributed by atoms with van der Waals surface area (Å²) in [5.41, 5.74) is 1.25. The Hall–Kier alpha value is -1.65. The van der Waals surface area contributed by atoms with E-state index in [1.165, 1.54) is 11.8 Å². The third-order valence-corrected chi connectivity index (χ3v) is 4.45. The normalized spacial score (nSPS) is 21.5. The molecule has 6 nitrogen and oxygen atoms in total. The van der Waals surface area contributed by atoms with Crippen molar-refractivity contribution in [3.05, 3.63) is 35.9 Å². The fraction of sp³-hybridized carbons (Fsp3) is 0.533. The summed E-state index contributed by atoms with van der Waals surface area (Å²) in [5, 5.41) is 7.12. The van der Waals surface area contributed by atoms with Crippen LogP contribution >= 0.6 is 0 Å². The summed E-state index contributed by atoms with van der Waals surface area (Å²) in [4.78, 5) is 11.1. The van der Waals surface area contributed by atoms with Crippen LogP contribution in [0.2, 0.25) is 0 Å². The van der Waals surface area contributed by atoms with E-state index in [2.05, 4.69) is 28.8 Å². The number of alkyl halides is 3. The maximum Gasteiger partial charge on any atom is 0.490 e. The SMILES string of the molecule is CN1CC[C@@H](NS(C)(=O)=O)[C@@H]1Cc1ccccc1.O=C(O)C(F)(F)F. The van der Waals surface area contributed by atoms with Gasteiger partial charge in [-0.2, -0.15) is 13.2 Å². The highest BCUT2D eigenvalue weighted by atomic mass is 32.2. The van der Waals surface area contributed by atoms with E-state index < -0.39 is 22.2 Å². The summed E-state index contributed by atoms with van der Waals surface area (Å²) in [5.74, 6) is -2.76. The largest absolute Gasteiger partial charge is 0.490 e. The number of likely N-dealkylation sites (tertiary alicyclic amines) is 1. The van der Waals surface area contributed by atoms with E-state index in [0.29, 0.717) is 0 Å². The van der Waals surface area contributed by atoms with Crippen LogP contribution < -0.4 is 4.72 Å². The summed E-state index contributed by atoms with van der Waals surface area (Å²) in [6, 6.07) is 10.5. The van der Waals surface area contributed by atoms with Crippen LogP contribution in [0.15, 0.2) is 30.3 Å². The minimum atomic E-state index is -5.08. The highest BCUT2D eigenvalue weighted by Crippen LogP contribution is 2.20. The minimum absolute atomic E-state index is 0.0187. The van der Waals surface area contributed by atoms with Crippen molar-refractivity contribution in [3.8, 4) is 0 Å². The van der Waals surface area contributed by atoms with Gasteiger partial charge in [-0.3, -0.25) is 0 Å². The molecular weight excluding hydrogens is 361 g/mol. The summed E-state index contributed by atoms with van der Waals surface area (Å²) >= 11 is 0. The van der Waals surface area contributed by atoms with Gasteiger partial charge in [-0.15, -0.1) is 0 Å². The molecule has 0 bridgehead atoms. The second kappa shape index (κ2) is 8.63. The molecule has 1 heterocycles. The van der Waals surface area contributed by atoms with Gasteiger partial charge in [0.25, 0.3) is 0 Å². The Bertz CT molecular complexity index is 665. The fourth-order valence-electron chi connectivity index (χ4n) is 2.57. The molecule has 0 aliphatic carbocycles. The second-order valence-electron chi connectivity index (χ2n) is 5.83. The van der Waals surface area contributed by atoms with Crippen LogP contribution in [0.5, 0.6) is 0 Å². The lowest BCUT2D eigenvalue weighted by atomic mass is 10.0. The minimum Gasteiger partial charge on any atom is -0.475 e. The quantitative estimate of drug-likeness (QED) is 0.824. The lowest BCUT2D eigenvalue weighted by molar-refractivity contribution is -0.192. The molecule has 0 amide bonds. The first-order chi connectivity index (χ1) is 11.4. The number of rotatable bonds is 4. The zero-order chi connectivity index (χ0) is 19.3. The molecule has 0 aromatic heterocycles. The van der Waals surface area contributed by atoms with Crippen LogP contribution in [0.4, 0.5) is 13.2 Å². The lowest BCUT2D eigenvalue weighted by Gasteiger charge is -2.25. The second-order valence-corrected chi connectivity index (χ2v) is 7.61. The maximum atomic E-state index is 11.4. The Labute approximate surface area is 144 Å². The number of benzene rings is 1. The molecule has 1 aliphatic rings. The predicted octanol–water partition coefficient (Wildman–Crippen LogP) is 1.48. The van der Waals surface area contributed by atoms with Crippen molar-refractivity contribution < 1.29 is 31.5 Å². The monoisotopic (exact) mass is 382 g/mol. The van der Waals surface area contributed by atoms with Crippen LogP contribution in [0.25, 0.3) is 0 Å². The molecule has 1 aromatic carbocycles. The van der Waals surface area contributed by atoms with Gasteiger partial charge in [0.2, 0.25) is 10.0 Å². The van der Waals surface area contributed by atoms with Crippen molar-refractivity contribution >= 4 is 16.0 Å².